The second-order valence-electron chi connectivity index (χ2n) is 2.99. The number of hydrogen-bond acceptors (Lipinski definition) is 3. The van der Waals surface area contributed by atoms with Gasteiger partial charge in [-0.2, -0.15) is 0 Å². The van der Waals surface area contributed by atoms with Crippen LogP contribution in [0.3, 0.4) is 0 Å². The van der Waals surface area contributed by atoms with Gasteiger partial charge in [-0.1, -0.05) is 6.92 Å². The summed E-state index contributed by atoms with van der Waals surface area (Å²) < 4.78 is 10.9. The number of halogens is 1. The molecule has 0 unspecified atom stereocenters. The van der Waals surface area contributed by atoms with Crippen LogP contribution in [0.4, 0.5) is 0 Å². The maximum absolute atomic E-state index is 8.87. The average molecular weight is 253 g/mol. The van der Waals surface area contributed by atoms with Gasteiger partial charge < -0.3 is 14.6 Å². The molecular weight excluding hydrogens is 236 g/mol. The highest BCUT2D eigenvalue weighted by molar-refractivity contribution is 9.11. The molecule has 78 valence electrons. The Hall–Kier alpha value is -0.0600. The fourth-order valence-electron chi connectivity index (χ4n) is 0.950. The van der Waals surface area contributed by atoms with Crippen molar-refractivity contribution in [3.05, 3.63) is 10.7 Å². The van der Waals surface area contributed by atoms with Crippen LogP contribution in [0.15, 0.2) is 10.7 Å². The Labute approximate surface area is 87.9 Å². The minimum absolute atomic E-state index is 0.0397. The van der Waals surface area contributed by atoms with Gasteiger partial charge in [0.15, 0.2) is 0 Å². The molecule has 0 aromatic rings. The van der Waals surface area contributed by atoms with Crippen molar-refractivity contribution in [2.45, 2.75) is 19.4 Å². The van der Waals surface area contributed by atoms with Crippen molar-refractivity contribution >= 4 is 15.9 Å². The molecule has 0 rings (SSSR count). The second kappa shape index (κ2) is 7.35. The van der Waals surface area contributed by atoms with Gasteiger partial charge in [0, 0.05) is 13.7 Å². The summed E-state index contributed by atoms with van der Waals surface area (Å²) >= 11 is 3.35. The van der Waals surface area contributed by atoms with Gasteiger partial charge in [-0.15, -0.1) is 0 Å². The van der Waals surface area contributed by atoms with Crippen LogP contribution in [-0.2, 0) is 9.47 Å². The molecule has 0 saturated carbocycles. The number of methoxy groups -OCH3 is 2. The highest BCUT2D eigenvalue weighted by atomic mass is 79.9. The van der Waals surface area contributed by atoms with E-state index in [9.17, 15) is 0 Å². The highest BCUT2D eigenvalue weighted by Gasteiger charge is 2.15. The normalized spacial score (nSPS) is 16.8. The number of ether oxygens (including phenoxy) is 2. The Kier molecular flexibility index (Phi) is 7.32. The summed E-state index contributed by atoms with van der Waals surface area (Å²) in [5.41, 5.74) is 0. The minimum atomic E-state index is -0.0397. The summed E-state index contributed by atoms with van der Waals surface area (Å²) in [5, 5.41) is 8.87. The first-order valence-corrected chi connectivity index (χ1v) is 4.97. The smallest absolute Gasteiger partial charge is 0.0952 e. The van der Waals surface area contributed by atoms with E-state index in [2.05, 4.69) is 15.9 Å². The predicted molar refractivity (Wildman–Crippen MR) is 55.7 cm³/mol. The number of hydrogen-bond donors (Lipinski definition) is 1. The zero-order valence-corrected chi connectivity index (χ0v) is 9.87. The lowest BCUT2D eigenvalue weighted by Crippen LogP contribution is -2.17. The van der Waals surface area contributed by atoms with Crippen molar-refractivity contribution in [1.29, 1.82) is 0 Å². The van der Waals surface area contributed by atoms with Gasteiger partial charge in [-0.05, 0) is 28.3 Å². The van der Waals surface area contributed by atoms with Gasteiger partial charge in [0.2, 0.25) is 0 Å². The average Bonchev–Trinajstić information content (AvgIpc) is 2.14. The molecule has 3 nitrogen and oxygen atoms in total. The molecule has 2 atom stereocenters. The molecule has 0 heterocycles. The largest absolute Gasteiger partial charge is 0.503 e. The Bertz CT molecular complexity index is 159. The van der Waals surface area contributed by atoms with E-state index in [-0.39, 0.29) is 18.6 Å². The van der Waals surface area contributed by atoms with Crippen molar-refractivity contribution in [3.63, 3.8) is 0 Å². The first-order chi connectivity index (χ1) is 6.15. The van der Waals surface area contributed by atoms with E-state index in [0.29, 0.717) is 0 Å². The van der Waals surface area contributed by atoms with Crippen LogP contribution in [0.2, 0.25) is 0 Å². The molecule has 1 N–H and O–H groups in total. The van der Waals surface area contributed by atoms with Gasteiger partial charge in [-0.25, -0.2) is 0 Å². The first-order valence-electron chi connectivity index (χ1n) is 4.17. The zero-order valence-electron chi connectivity index (χ0n) is 8.29. The third-order valence-electron chi connectivity index (χ3n) is 1.75. The van der Waals surface area contributed by atoms with Crippen LogP contribution in [0.1, 0.15) is 13.3 Å². The van der Waals surface area contributed by atoms with Crippen molar-refractivity contribution in [2.24, 2.45) is 5.92 Å². The number of aliphatic hydroxyl groups is 1. The lowest BCUT2D eigenvalue weighted by atomic mass is 10.0. The van der Waals surface area contributed by atoms with Crippen LogP contribution in [0, 0.1) is 5.92 Å². The summed E-state index contributed by atoms with van der Waals surface area (Å²) in [6.45, 7) is 2.15. The van der Waals surface area contributed by atoms with Crippen LogP contribution in [0.5, 0.6) is 0 Å². The summed E-state index contributed by atoms with van der Waals surface area (Å²) in [4.78, 5) is 0. The van der Waals surface area contributed by atoms with E-state index in [1.165, 1.54) is 0 Å². The van der Waals surface area contributed by atoms with Crippen molar-refractivity contribution in [3.8, 4) is 0 Å². The molecule has 13 heavy (non-hydrogen) atoms. The minimum Gasteiger partial charge on any atom is -0.503 e. The Morgan fingerprint density at radius 1 is 1.54 bits per heavy atom. The van der Waals surface area contributed by atoms with Crippen LogP contribution in [-0.4, -0.2) is 32.0 Å². The molecule has 0 aliphatic heterocycles. The van der Waals surface area contributed by atoms with E-state index in [0.717, 1.165) is 10.9 Å². The standard InChI is InChI=1S/C9H17BrO3/c1-7(5-11)4-9(13-3)8(10)6-12-2/h6-7,9,11H,4-5H2,1-3H3/b8-6-/t7-,9-/m0/s1. The monoisotopic (exact) mass is 252 g/mol. The Morgan fingerprint density at radius 2 is 2.15 bits per heavy atom. The van der Waals surface area contributed by atoms with E-state index in [4.69, 9.17) is 14.6 Å². The van der Waals surface area contributed by atoms with Gasteiger partial charge in [-0.3, -0.25) is 0 Å². The zero-order chi connectivity index (χ0) is 10.3. The molecule has 4 heteroatoms. The Balaban J connectivity index is 4.09. The molecule has 0 bridgehead atoms. The first kappa shape index (κ1) is 12.9. The van der Waals surface area contributed by atoms with Crippen molar-refractivity contribution in [2.75, 3.05) is 20.8 Å². The van der Waals surface area contributed by atoms with Gasteiger partial charge >= 0.3 is 0 Å². The summed E-state index contributed by atoms with van der Waals surface area (Å²) in [6, 6.07) is 0. The molecule has 0 radical (unpaired) electrons. The van der Waals surface area contributed by atoms with Crippen LogP contribution < -0.4 is 0 Å². The SMILES string of the molecule is CO/C=C(\Br)[C@H](C[C@H](C)CO)OC. The third-order valence-corrected chi connectivity index (χ3v) is 2.45. The summed E-state index contributed by atoms with van der Waals surface area (Å²) in [5.74, 6) is 0.225. The quantitative estimate of drug-likeness (QED) is 0.735. The number of rotatable bonds is 6. The molecule has 0 spiro atoms. The maximum atomic E-state index is 8.87. The van der Waals surface area contributed by atoms with E-state index in [1.54, 1.807) is 20.5 Å². The second-order valence-corrected chi connectivity index (χ2v) is 3.90. The topological polar surface area (TPSA) is 38.7 Å². The highest BCUT2D eigenvalue weighted by Crippen LogP contribution is 2.20. The predicted octanol–water partition coefficient (Wildman–Crippen LogP) is 1.90. The molecule has 0 saturated heterocycles. The van der Waals surface area contributed by atoms with Gasteiger partial charge in [0.1, 0.15) is 0 Å². The van der Waals surface area contributed by atoms with Crippen LogP contribution in [0.25, 0.3) is 0 Å². The fraction of sp³-hybridized carbons (Fsp3) is 0.778. The molecule has 0 aliphatic carbocycles. The molecular formula is C9H17BrO3. The molecule has 0 aromatic carbocycles. The van der Waals surface area contributed by atoms with E-state index < -0.39 is 0 Å². The fourth-order valence-corrected chi connectivity index (χ4v) is 1.51. The third kappa shape index (κ3) is 5.29. The lowest BCUT2D eigenvalue weighted by Gasteiger charge is -2.17. The van der Waals surface area contributed by atoms with Crippen molar-refractivity contribution < 1.29 is 14.6 Å². The maximum Gasteiger partial charge on any atom is 0.0952 e. The van der Waals surface area contributed by atoms with Crippen LogP contribution >= 0.6 is 15.9 Å². The van der Waals surface area contributed by atoms with E-state index >= 15 is 0 Å². The molecule has 0 aliphatic rings. The summed E-state index contributed by atoms with van der Waals surface area (Å²) in [6.07, 6.45) is 2.33. The van der Waals surface area contributed by atoms with Gasteiger partial charge in [0.05, 0.1) is 24.0 Å². The summed E-state index contributed by atoms with van der Waals surface area (Å²) in [7, 11) is 3.23. The molecule has 0 fully saturated rings. The molecule has 0 amide bonds. The van der Waals surface area contributed by atoms with Crippen molar-refractivity contribution in [1.82, 2.24) is 0 Å². The Morgan fingerprint density at radius 3 is 2.54 bits per heavy atom. The van der Waals surface area contributed by atoms with Gasteiger partial charge in [0.25, 0.3) is 0 Å². The number of aliphatic hydroxyl groups excluding tert-OH is 1. The van der Waals surface area contributed by atoms with E-state index in [1.807, 2.05) is 6.92 Å². The lowest BCUT2D eigenvalue weighted by molar-refractivity contribution is 0.100. The molecule has 0 aromatic heterocycles.